The molecule has 2 amide bonds. The van der Waals surface area contributed by atoms with Gasteiger partial charge in [-0.25, -0.2) is 0 Å². The normalized spacial score (nSPS) is 21.3. The molecule has 0 aromatic carbocycles. The summed E-state index contributed by atoms with van der Waals surface area (Å²) in [6, 6.07) is -0.203. The molecule has 0 bridgehead atoms. The van der Waals surface area contributed by atoms with Crippen molar-refractivity contribution in [3.05, 3.63) is 0 Å². The van der Waals surface area contributed by atoms with Gasteiger partial charge in [0.15, 0.2) is 0 Å². The molecule has 19 heavy (non-hydrogen) atoms. The summed E-state index contributed by atoms with van der Waals surface area (Å²) in [5.74, 6) is -0.407. The number of rotatable bonds is 6. The molecular formula is C13H23N3O2S. The van der Waals surface area contributed by atoms with Crippen LogP contribution in [-0.4, -0.2) is 40.8 Å². The van der Waals surface area contributed by atoms with Gasteiger partial charge >= 0.3 is 0 Å². The van der Waals surface area contributed by atoms with E-state index in [1.807, 2.05) is 25.7 Å². The maximum atomic E-state index is 11.7. The first-order valence-corrected chi connectivity index (χ1v) is 7.06. The lowest BCUT2D eigenvalue weighted by molar-refractivity contribution is -0.140. The molecular weight excluding hydrogens is 262 g/mol. The standard InChI is InChI=1S/C13H23N3O2S/c1-4-9-11(18)15-10(17)8-16(9)7-5-6-13(2,3)12(14)19/h9H,4-8H2,1-3H3,(H2,14,19)(H,15,17,18). The topological polar surface area (TPSA) is 75.4 Å². The molecule has 6 heteroatoms. The van der Waals surface area contributed by atoms with Crippen LogP contribution in [0.2, 0.25) is 0 Å². The smallest absolute Gasteiger partial charge is 0.243 e. The Bertz CT molecular complexity index is 382. The number of imide groups is 1. The van der Waals surface area contributed by atoms with Crippen LogP contribution in [0, 0.1) is 5.41 Å². The summed E-state index contributed by atoms with van der Waals surface area (Å²) >= 11 is 5.03. The van der Waals surface area contributed by atoms with Crippen LogP contribution in [0.15, 0.2) is 0 Å². The van der Waals surface area contributed by atoms with E-state index in [9.17, 15) is 9.59 Å². The summed E-state index contributed by atoms with van der Waals surface area (Å²) in [5.41, 5.74) is 5.51. The highest BCUT2D eigenvalue weighted by Crippen LogP contribution is 2.23. The van der Waals surface area contributed by atoms with E-state index in [0.29, 0.717) is 18.0 Å². The predicted molar refractivity (Wildman–Crippen MR) is 78.6 cm³/mol. The van der Waals surface area contributed by atoms with Crippen LogP contribution < -0.4 is 11.1 Å². The number of nitrogens with one attached hydrogen (secondary N) is 1. The minimum atomic E-state index is -0.219. The highest BCUT2D eigenvalue weighted by atomic mass is 32.1. The molecule has 0 aromatic heterocycles. The second-order valence-corrected chi connectivity index (χ2v) is 6.10. The van der Waals surface area contributed by atoms with Crippen molar-refractivity contribution in [2.45, 2.75) is 46.1 Å². The van der Waals surface area contributed by atoms with Gasteiger partial charge in [0, 0.05) is 5.41 Å². The maximum absolute atomic E-state index is 11.7. The first-order valence-electron chi connectivity index (χ1n) is 6.65. The highest BCUT2D eigenvalue weighted by Gasteiger charge is 2.32. The van der Waals surface area contributed by atoms with Crippen LogP contribution >= 0.6 is 12.2 Å². The number of nitrogens with zero attached hydrogens (tertiary/aromatic N) is 1. The van der Waals surface area contributed by atoms with E-state index in [-0.39, 0.29) is 29.8 Å². The lowest BCUT2D eigenvalue weighted by atomic mass is 9.87. The van der Waals surface area contributed by atoms with Gasteiger partial charge in [-0.05, 0) is 25.8 Å². The second kappa shape index (κ2) is 6.43. The van der Waals surface area contributed by atoms with Crippen LogP contribution in [-0.2, 0) is 9.59 Å². The van der Waals surface area contributed by atoms with Gasteiger partial charge in [0.05, 0.1) is 17.6 Å². The van der Waals surface area contributed by atoms with Gasteiger partial charge in [-0.15, -0.1) is 0 Å². The molecule has 0 saturated carbocycles. The van der Waals surface area contributed by atoms with Gasteiger partial charge < -0.3 is 5.73 Å². The zero-order valence-corrected chi connectivity index (χ0v) is 12.7. The van der Waals surface area contributed by atoms with E-state index in [1.54, 1.807) is 0 Å². The number of nitrogens with two attached hydrogens (primary N) is 1. The number of carbonyl (C=O) groups is 2. The van der Waals surface area contributed by atoms with Crippen molar-refractivity contribution in [2.75, 3.05) is 13.1 Å². The molecule has 1 atom stereocenters. The zero-order chi connectivity index (χ0) is 14.6. The van der Waals surface area contributed by atoms with Gasteiger partial charge in [0.2, 0.25) is 11.8 Å². The molecule has 0 aliphatic carbocycles. The molecule has 0 radical (unpaired) electrons. The number of carbonyl (C=O) groups excluding carboxylic acids is 2. The van der Waals surface area contributed by atoms with Crippen LogP contribution in [0.25, 0.3) is 0 Å². The molecule has 5 nitrogen and oxygen atoms in total. The summed E-state index contributed by atoms with van der Waals surface area (Å²) in [7, 11) is 0. The average Bonchev–Trinajstić information content (AvgIpc) is 2.27. The summed E-state index contributed by atoms with van der Waals surface area (Å²) in [5, 5.41) is 2.37. The van der Waals surface area contributed by atoms with Gasteiger partial charge in [0.25, 0.3) is 0 Å². The van der Waals surface area contributed by atoms with Crippen molar-refractivity contribution in [1.82, 2.24) is 10.2 Å². The third-order valence-corrected chi connectivity index (χ3v) is 4.21. The van der Waals surface area contributed by atoms with Crippen molar-refractivity contribution in [3.8, 4) is 0 Å². The third kappa shape index (κ3) is 4.24. The molecule has 1 aliphatic heterocycles. The number of amides is 2. The van der Waals surface area contributed by atoms with E-state index in [4.69, 9.17) is 18.0 Å². The van der Waals surface area contributed by atoms with E-state index in [2.05, 4.69) is 5.32 Å². The number of hydrogen-bond donors (Lipinski definition) is 2. The van der Waals surface area contributed by atoms with E-state index < -0.39 is 0 Å². The fourth-order valence-corrected chi connectivity index (χ4v) is 2.35. The first-order chi connectivity index (χ1) is 8.77. The third-order valence-electron chi connectivity index (χ3n) is 3.65. The zero-order valence-electron chi connectivity index (χ0n) is 11.9. The maximum Gasteiger partial charge on any atom is 0.243 e. The molecule has 3 N–H and O–H groups in total. The second-order valence-electron chi connectivity index (χ2n) is 5.66. The van der Waals surface area contributed by atoms with Crippen LogP contribution in [0.3, 0.4) is 0 Å². The van der Waals surface area contributed by atoms with Gasteiger partial charge in [-0.2, -0.15) is 0 Å². The molecule has 0 spiro atoms. The Morgan fingerprint density at radius 2 is 2.16 bits per heavy atom. The fraction of sp³-hybridized carbons (Fsp3) is 0.769. The SMILES string of the molecule is CCC1C(=O)NC(=O)CN1CCCC(C)(C)C(N)=S. The molecule has 1 fully saturated rings. The predicted octanol–water partition coefficient (Wildman–Crippen LogP) is 0.816. The minimum Gasteiger partial charge on any atom is -0.393 e. The minimum absolute atomic E-state index is 0.181. The first kappa shape index (κ1) is 16.0. The van der Waals surface area contributed by atoms with Crippen molar-refractivity contribution in [3.63, 3.8) is 0 Å². The molecule has 1 saturated heterocycles. The van der Waals surface area contributed by atoms with E-state index >= 15 is 0 Å². The Hall–Kier alpha value is -1.01. The molecule has 1 heterocycles. The Kier molecular flexibility index (Phi) is 5.43. The summed E-state index contributed by atoms with van der Waals surface area (Å²) in [6.07, 6.45) is 2.42. The number of piperazine rings is 1. The van der Waals surface area contributed by atoms with Gasteiger partial charge in [-0.3, -0.25) is 19.8 Å². The molecule has 0 aromatic rings. The lowest BCUT2D eigenvalue weighted by Gasteiger charge is -2.34. The van der Waals surface area contributed by atoms with Crippen LogP contribution in [0.4, 0.5) is 0 Å². The Balaban J connectivity index is 2.53. The van der Waals surface area contributed by atoms with Crippen LogP contribution in [0.1, 0.15) is 40.0 Å². The molecule has 1 unspecified atom stereocenters. The molecule has 1 aliphatic rings. The summed E-state index contributed by atoms with van der Waals surface area (Å²) in [4.78, 5) is 25.5. The molecule has 1 rings (SSSR count). The largest absolute Gasteiger partial charge is 0.393 e. The average molecular weight is 285 g/mol. The quantitative estimate of drug-likeness (QED) is 0.558. The number of thiocarbonyl (C=S) groups is 1. The summed E-state index contributed by atoms with van der Waals surface area (Å²) < 4.78 is 0. The van der Waals surface area contributed by atoms with Crippen molar-refractivity contribution >= 4 is 29.0 Å². The summed E-state index contributed by atoms with van der Waals surface area (Å²) in [6.45, 7) is 6.98. The van der Waals surface area contributed by atoms with Gasteiger partial charge in [0.1, 0.15) is 0 Å². The fourth-order valence-electron chi connectivity index (χ4n) is 2.25. The van der Waals surface area contributed by atoms with Crippen molar-refractivity contribution in [2.24, 2.45) is 11.1 Å². The van der Waals surface area contributed by atoms with E-state index in [0.717, 1.165) is 12.8 Å². The number of hydrogen-bond acceptors (Lipinski definition) is 4. The Labute approximate surface area is 119 Å². The Morgan fingerprint density at radius 1 is 1.53 bits per heavy atom. The monoisotopic (exact) mass is 285 g/mol. The van der Waals surface area contributed by atoms with Gasteiger partial charge in [-0.1, -0.05) is 33.0 Å². The van der Waals surface area contributed by atoms with E-state index in [1.165, 1.54) is 0 Å². The van der Waals surface area contributed by atoms with Crippen molar-refractivity contribution in [1.29, 1.82) is 0 Å². The Morgan fingerprint density at radius 3 is 2.68 bits per heavy atom. The van der Waals surface area contributed by atoms with Crippen molar-refractivity contribution < 1.29 is 9.59 Å². The molecule has 108 valence electrons. The van der Waals surface area contributed by atoms with Crippen LogP contribution in [0.5, 0.6) is 0 Å². The lowest BCUT2D eigenvalue weighted by Crippen LogP contribution is -2.57. The highest BCUT2D eigenvalue weighted by molar-refractivity contribution is 7.80.